The lowest BCUT2D eigenvalue weighted by Crippen LogP contribution is -2.38. The minimum absolute atomic E-state index is 0.0708. The second kappa shape index (κ2) is 7.81. The van der Waals surface area contributed by atoms with Gasteiger partial charge in [-0.15, -0.1) is 10.2 Å². The van der Waals surface area contributed by atoms with Crippen LogP contribution in [0.4, 0.5) is 10.9 Å². The SMILES string of the molecule is CC1=C(C(=O)N2CCC[C@H]2c2nnc(N)s2)C(c2ccc(Cl)c(Cl)c2)n2nccc2N1. The molecule has 1 amide bonds. The predicted octanol–water partition coefficient (Wildman–Crippen LogP) is 4.28. The second-order valence-corrected chi connectivity index (χ2v) is 9.39. The van der Waals surface area contributed by atoms with E-state index < -0.39 is 6.04 Å². The van der Waals surface area contributed by atoms with Crippen molar-refractivity contribution in [3.05, 3.63) is 62.3 Å². The fraction of sp³-hybridized carbons (Fsp3) is 0.300. The first-order chi connectivity index (χ1) is 14.9. The lowest BCUT2D eigenvalue weighted by Gasteiger charge is -2.33. The van der Waals surface area contributed by atoms with Gasteiger partial charge in [-0.3, -0.25) is 4.79 Å². The topological polar surface area (TPSA) is 102 Å². The molecule has 2 aliphatic rings. The van der Waals surface area contributed by atoms with E-state index in [2.05, 4.69) is 20.6 Å². The Hall–Kier alpha value is -2.62. The van der Waals surface area contributed by atoms with Gasteiger partial charge >= 0.3 is 0 Å². The first kappa shape index (κ1) is 20.3. The number of carbonyl (C=O) groups excluding carboxylic acids is 1. The average Bonchev–Trinajstić information content (AvgIpc) is 3.48. The van der Waals surface area contributed by atoms with Gasteiger partial charge in [-0.05, 0) is 37.5 Å². The van der Waals surface area contributed by atoms with Crippen LogP contribution in [0.25, 0.3) is 0 Å². The minimum Gasteiger partial charge on any atom is -0.374 e. The van der Waals surface area contributed by atoms with Crippen molar-refractivity contribution < 1.29 is 4.79 Å². The van der Waals surface area contributed by atoms with Crippen LogP contribution in [0.2, 0.25) is 10.0 Å². The van der Waals surface area contributed by atoms with E-state index in [0.717, 1.165) is 34.9 Å². The van der Waals surface area contributed by atoms with Crippen molar-refractivity contribution in [2.24, 2.45) is 0 Å². The Kier molecular flexibility index (Phi) is 5.11. The number of carbonyl (C=O) groups is 1. The Balaban J connectivity index is 1.58. The normalized spacial score (nSPS) is 20.7. The van der Waals surface area contributed by atoms with E-state index in [9.17, 15) is 4.79 Å². The smallest absolute Gasteiger partial charge is 0.254 e. The molecule has 0 spiro atoms. The molecule has 1 unspecified atom stereocenters. The summed E-state index contributed by atoms with van der Waals surface area (Å²) < 4.78 is 1.80. The van der Waals surface area contributed by atoms with Gasteiger partial charge in [0.1, 0.15) is 16.9 Å². The molecule has 2 atom stereocenters. The van der Waals surface area contributed by atoms with Crippen molar-refractivity contribution >= 4 is 51.4 Å². The van der Waals surface area contributed by atoms with Crippen LogP contribution in [-0.4, -0.2) is 37.3 Å². The zero-order chi connectivity index (χ0) is 21.7. The lowest BCUT2D eigenvalue weighted by atomic mass is 9.94. The van der Waals surface area contributed by atoms with E-state index in [1.165, 1.54) is 11.3 Å². The maximum Gasteiger partial charge on any atom is 0.254 e. The van der Waals surface area contributed by atoms with Gasteiger partial charge in [-0.2, -0.15) is 5.10 Å². The third kappa shape index (κ3) is 3.46. The number of nitrogens with one attached hydrogen (secondary N) is 1. The van der Waals surface area contributed by atoms with Gasteiger partial charge in [0.15, 0.2) is 0 Å². The van der Waals surface area contributed by atoms with Crippen LogP contribution in [0, 0.1) is 0 Å². The summed E-state index contributed by atoms with van der Waals surface area (Å²) in [6.07, 6.45) is 3.42. The zero-order valence-electron chi connectivity index (χ0n) is 16.5. The highest BCUT2D eigenvalue weighted by atomic mass is 35.5. The summed E-state index contributed by atoms with van der Waals surface area (Å²) in [6, 6.07) is 6.70. The number of anilines is 2. The Morgan fingerprint density at radius 3 is 2.84 bits per heavy atom. The number of likely N-dealkylation sites (tertiary alicyclic amines) is 1. The maximum atomic E-state index is 13.9. The molecule has 1 saturated heterocycles. The lowest BCUT2D eigenvalue weighted by molar-refractivity contribution is -0.128. The monoisotopic (exact) mass is 475 g/mol. The molecule has 2 aliphatic heterocycles. The summed E-state index contributed by atoms with van der Waals surface area (Å²) in [5.41, 5.74) is 8.00. The van der Waals surface area contributed by atoms with Crippen LogP contribution in [0.3, 0.4) is 0 Å². The summed E-state index contributed by atoms with van der Waals surface area (Å²) in [6.45, 7) is 2.54. The Labute approximate surface area is 192 Å². The number of nitrogens with zero attached hydrogens (tertiary/aromatic N) is 5. The van der Waals surface area contributed by atoms with Gasteiger partial charge in [0.25, 0.3) is 5.91 Å². The number of benzene rings is 1. The predicted molar refractivity (Wildman–Crippen MR) is 121 cm³/mol. The highest BCUT2D eigenvalue weighted by Gasteiger charge is 2.40. The Bertz CT molecular complexity index is 1200. The standard InChI is InChI=1S/C20H19Cl2N7OS/c1-10-16(19(30)28-8-2-3-14(28)18-26-27-20(23)31-18)17(29-15(25-10)6-7-24-29)11-4-5-12(21)13(22)9-11/h4-7,9,14,17,25H,2-3,8H2,1H3,(H2,23,27)/t14-,17?/m0/s1. The molecular weight excluding hydrogens is 457 g/mol. The highest BCUT2D eigenvalue weighted by molar-refractivity contribution is 7.15. The molecule has 1 fully saturated rings. The molecule has 11 heteroatoms. The number of hydrogen-bond donors (Lipinski definition) is 2. The van der Waals surface area contributed by atoms with Crippen LogP contribution in [-0.2, 0) is 4.79 Å². The average molecular weight is 476 g/mol. The molecule has 3 aromatic rings. The molecule has 2 aromatic heterocycles. The van der Waals surface area contributed by atoms with Gasteiger partial charge in [-0.1, -0.05) is 40.6 Å². The molecule has 1 aromatic carbocycles. The fourth-order valence-electron chi connectivity index (χ4n) is 4.28. The van der Waals surface area contributed by atoms with Crippen molar-refractivity contribution in [1.29, 1.82) is 0 Å². The van der Waals surface area contributed by atoms with Crippen LogP contribution in [0.15, 0.2) is 41.7 Å². The van der Waals surface area contributed by atoms with Gasteiger partial charge in [0.05, 0.1) is 27.9 Å². The van der Waals surface area contributed by atoms with Crippen molar-refractivity contribution in [1.82, 2.24) is 24.9 Å². The molecule has 4 heterocycles. The van der Waals surface area contributed by atoms with E-state index in [4.69, 9.17) is 28.9 Å². The third-order valence-electron chi connectivity index (χ3n) is 5.65. The quantitative estimate of drug-likeness (QED) is 0.585. The molecule has 0 radical (unpaired) electrons. The largest absolute Gasteiger partial charge is 0.374 e. The minimum atomic E-state index is -0.436. The maximum absolute atomic E-state index is 13.9. The van der Waals surface area contributed by atoms with Crippen molar-refractivity contribution in [3.8, 4) is 0 Å². The second-order valence-electron chi connectivity index (χ2n) is 7.54. The molecule has 8 nitrogen and oxygen atoms in total. The Morgan fingerprint density at radius 1 is 1.26 bits per heavy atom. The molecule has 3 N–H and O–H groups in total. The van der Waals surface area contributed by atoms with E-state index in [-0.39, 0.29) is 11.9 Å². The van der Waals surface area contributed by atoms with Crippen LogP contribution in [0.5, 0.6) is 0 Å². The first-order valence-electron chi connectivity index (χ1n) is 9.80. The van der Waals surface area contributed by atoms with Crippen LogP contribution >= 0.6 is 34.5 Å². The molecule has 5 rings (SSSR count). The Morgan fingerprint density at radius 2 is 2.10 bits per heavy atom. The first-order valence-corrected chi connectivity index (χ1v) is 11.4. The van der Waals surface area contributed by atoms with E-state index in [0.29, 0.717) is 27.3 Å². The van der Waals surface area contributed by atoms with Gasteiger partial charge in [-0.25, -0.2) is 4.68 Å². The molecule has 0 saturated carbocycles. The van der Waals surface area contributed by atoms with Gasteiger partial charge in [0.2, 0.25) is 5.13 Å². The molecule has 0 aliphatic carbocycles. The number of rotatable bonds is 3. The number of aromatic nitrogens is 4. The van der Waals surface area contributed by atoms with E-state index in [1.807, 2.05) is 24.0 Å². The number of nitrogens with two attached hydrogens (primary N) is 1. The number of fused-ring (bicyclic) bond motifs is 1. The number of nitrogen functional groups attached to an aromatic ring is 1. The van der Waals surface area contributed by atoms with Crippen molar-refractivity contribution in [2.45, 2.75) is 31.8 Å². The van der Waals surface area contributed by atoms with Gasteiger partial charge < -0.3 is 16.0 Å². The van der Waals surface area contributed by atoms with E-state index in [1.54, 1.807) is 23.0 Å². The zero-order valence-corrected chi connectivity index (χ0v) is 18.9. The summed E-state index contributed by atoms with van der Waals surface area (Å²) in [7, 11) is 0. The number of allylic oxidation sites excluding steroid dienone is 1. The summed E-state index contributed by atoms with van der Waals surface area (Å²) in [5, 5.41) is 18.0. The summed E-state index contributed by atoms with van der Waals surface area (Å²) in [4.78, 5) is 15.8. The fourth-order valence-corrected chi connectivity index (χ4v) is 5.34. The molecular formula is C20H19Cl2N7OS. The molecule has 31 heavy (non-hydrogen) atoms. The summed E-state index contributed by atoms with van der Waals surface area (Å²) >= 11 is 13.8. The van der Waals surface area contributed by atoms with Crippen LogP contribution < -0.4 is 11.1 Å². The van der Waals surface area contributed by atoms with E-state index >= 15 is 0 Å². The molecule has 160 valence electrons. The van der Waals surface area contributed by atoms with Crippen LogP contribution in [0.1, 0.15) is 42.4 Å². The molecule has 0 bridgehead atoms. The number of amides is 1. The van der Waals surface area contributed by atoms with Gasteiger partial charge in [0, 0.05) is 18.3 Å². The number of halogens is 2. The number of hydrogen-bond acceptors (Lipinski definition) is 7. The van der Waals surface area contributed by atoms with Crippen molar-refractivity contribution in [2.75, 3.05) is 17.6 Å². The highest BCUT2D eigenvalue weighted by Crippen LogP contribution is 2.41. The summed E-state index contributed by atoms with van der Waals surface area (Å²) in [5.74, 6) is 0.735. The third-order valence-corrected chi connectivity index (χ3v) is 7.25. The van der Waals surface area contributed by atoms with Crippen molar-refractivity contribution in [3.63, 3.8) is 0 Å².